The third kappa shape index (κ3) is 6.59. The molecule has 0 N–H and O–H groups in total. The monoisotopic (exact) mass is 282 g/mol. The van der Waals surface area contributed by atoms with Crippen molar-refractivity contribution in [2.45, 2.75) is 51.9 Å². The van der Waals surface area contributed by atoms with Crippen molar-refractivity contribution in [3.63, 3.8) is 0 Å². The fourth-order valence-electron chi connectivity index (χ4n) is 2.21. The summed E-state index contributed by atoms with van der Waals surface area (Å²) < 4.78 is 4.60. The van der Waals surface area contributed by atoms with Gasteiger partial charge in [-0.15, -0.1) is 0 Å². The van der Waals surface area contributed by atoms with Crippen molar-refractivity contribution in [2.75, 3.05) is 20.3 Å². The summed E-state index contributed by atoms with van der Waals surface area (Å²) in [5, 5.41) is 0. The molecule has 0 aromatic rings. The Balaban J connectivity index is 1.90. The lowest BCUT2D eigenvalue weighted by Gasteiger charge is -2.18. The Kier molecular flexibility index (Phi) is 7.77. The molecule has 0 aromatic carbocycles. The van der Waals surface area contributed by atoms with Crippen LogP contribution in [0.3, 0.4) is 0 Å². The van der Waals surface area contributed by atoms with Crippen LogP contribution in [0.25, 0.3) is 0 Å². The number of methoxy groups -OCH3 is 1. The van der Waals surface area contributed by atoms with Crippen LogP contribution in [0.2, 0.25) is 0 Å². The molecule has 1 aliphatic rings. The van der Waals surface area contributed by atoms with Gasteiger partial charge in [0.25, 0.3) is 0 Å². The predicted molar refractivity (Wildman–Crippen MR) is 77.6 cm³/mol. The Bertz CT molecular complexity index is 342. The first kappa shape index (κ1) is 16.5. The zero-order valence-electron chi connectivity index (χ0n) is 12.6. The number of carbonyl (C=O) groups is 2. The maximum atomic E-state index is 11.2. The van der Waals surface area contributed by atoms with Gasteiger partial charge in [0.05, 0.1) is 13.8 Å². The van der Waals surface area contributed by atoms with Crippen molar-refractivity contribution >= 4 is 11.9 Å². The normalized spacial score (nSPS) is 13.9. The molecule has 0 radical (unpaired) electrons. The van der Waals surface area contributed by atoms with E-state index in [4.69, 9.17) is 0 Å². The number of rotatable bonds is 9. The standard InChI is InChI=1S/C15H26N2O3/c1-14(18)17-12-11-16(13-17)10-8-6-4-3-5-7-9-15(19)20-2/h11-12H,3-10,13H2,1-2H3. The third-order valence-corrected chi connectivity index (χ3v) is 3.50. The van der Waals surface area contributed by atoms with Crippen molar-refractivity contribution in [1.29, 1.82) is 0 Å². The fourth-order valence-corrected chi connectivity index (χ4v) is 2.21. The van der Waals surface area contributed by atoms with Crippen LogP contribution in [0.5, 0.6) is 0 Å². The summed E-state index contributed by atoms with van der Waals surface area (Å²) >= 11 is 0. The molecular weight excluding hydrogens is 256 g/mol. The predicted octanol–water partition coefficient (Wildman–Crippen LogP) is 2.48. The lowest BCUT2D eigenvalue weighted by molar-refractivity contribution is -0.140. The van der Waals surface area contributed by atoms with Gasteiger partial charge in [0.1, 0.15) is 0 Å². The van der Waals surface area contributed by atoms with Gasteiger partial charge in [0.2, 0.25) is 5.91 Å². The molecule has 0 fully saturated rings. The van der Waals surface area contributed by atoms with E-state index in [1.807, 2.05) is 12.4 Å². The van der Waals surface area contributed by atoms with Crippen LogP contribution in [0.15, 0.2) is 12.4 Å². The lowest BCUT2D eigenvalue weighted by Crippen LogP contribution is -2.29. The van der Waals surface area contributed by atoms with Crippen LogP contribution < -0.4 is 0 Å². The molecule has 0 unspecified atom stereocenters. The quantitative estimate of drug-likeness (QED) is 0.481. The van der Waals surface area contributed by atoms with Crippen LogP contribution in [0.1, 0.15) is 51.9 Å². The lowest BCUT2D eigenvalue weighted by atomic mass is 10.1. The van der Waals surface area contributed by atoms with Crippen LogP contribution in [-0.4, -0.2) is 42.0 Å². The molecule has 0 saturated carbocycles. The topological polar surface area (TPSA) is 49.9 Å². The summed E-state index contributed by atoms with van der Waals surface area (Å²) in [4.78, 5) is 25.9. The van der Waals surface area contributed by atoms with E-state index in [2.05, 4.69) is 9.64 Å². The summed E-state index contributed by atoms with van der Waals surface area (Å²) in [7, 11) is 1.43. The van der Waals surface area contributed by atoms with Gasteiger partial charge < -0.3 is 9.64 Å². The molecule has 1 rings (SSSR count). The number of amides is 1. The highest BCUT2D eigenvalue weighted by atomic mass is 16.5. The van der Waals surface area contributed by atoms with E-state index >= 15 is 0 Å². The molecule has 114 valence electrons. The second-order valence-corrected chi connectivity index (χ2v) is 5.19. The minimum absolute atomic E-state index is 0.0920. The molecule has 0 aromatic heterocycles. The van der Waals surface area contributed by atoms with Gasteiger partial charge in [-0.05, 0) is 12.8 Å². The van der Waals surface area contributed by atoms with Crippen LogP contribution in [0.4, 0.5) is 0 Å². The highest BCUT2D eigenvalue weighted by Crippen LogP contribution is 2.11. The molecule has 0 spiro atoms. The molecule has 0 saturated heterocycles. The molecule has 1 aliphatic heterocycles. The average Bonchev–Trinajstić information content (AvgIpc) is 2.90. The van der Waals surface area contributed by atoms with Gasteiger partial charge in [-0.2, -0.15) is 0 Å². The van der Waals surface area contributed by atoms with Crippen molar-refractivity contribution < 1.29 is 14.3 Å². The Morgan fingerprint density at radius 1 is 1.05 bits per heavy atom. The zero-order valence-corrected chi connectivity index (χ0v) is 12.6. The van der Waals surface area contributed by atoms with E-state index in [9.17, 15) is 9.59 Å². The SMILES string of the molecule is COC(=O)CCCCCCCCN1C=CN(C(C)=O)C1. The molecule has 0 aliphatic carbocycles. The van der Waals surface area contributed by atoms with E-state index in [0.717, 1.165) is 25.8 Å². The summed E-state index contributed by atoms with van der Waals surface area (Å²) in [5.41, 5.74) is 0. The summed E-state index contributed by atoms with van der Waals surface area (Å²) in [5.74, 6) is -0.0183. The zero-order chi connectivity index (χ0) is 14.8. The number of ether oxygens (including phenoxy) is 1. The number of nitrogens with zero attached hydrogens (tertiary/aromatic N) is 2. The van der Waals surface area contributed by atoms with Crippen LogP contribution in [-0.2, 0) is 14.3 Å². The van der Waals surface area contributed by atoms with Crippen LogP contribution >= 0.6 is 0 Å². The smallest absolute Gasteiger partial charge is 0.305 e. The first-order valence-corrected chi connectivity index (χ1v) is 7.40. The second kappa shape index (κ2) is 9.39. The molecule has 5 nitrogen and oxygen atoms in total. The highest BCUT2D eigenvalue weighted by molar-refractivity contribution is 5.74. The van der Waals surface area contributed by atoms with Gasteiger partial charge in [-0.1, -0.05) is 25.7 Å². The highest BCUT2D eigenvalue weighted by Gasteiger charge is 2.14. The van der Waals surface area contributed by atoms with Gasteiger partial charge in [-0.25, -0.2) is 0 Å². The maximum Gasteiger partial charge on any atom is 0.305 e. The Morgan fingerprint density at radius 3 is 2.30 bits per heavy atom. The minimum atomic E-state index is -0.110. The van der Waals surface area contributed by atoms with E-state index in [1.54, 1.807) is 11.8 Å². The first-order valence-electron chi connectivity index (χ1n) is 7.40. The van der Waals surface area contributed by atoms with Gasteiger partial charge in [0.15, 0.2) is 0 Å². The Morgan fingerprint density at radius 2 is 1.70 bits per heavy atom. The Hall–Kier alpha value is -1.52. The fraction of sp³-hybridized carbons (Fsp3) is 0.733. The van der Waals surface area contributed by atoms with Gasteiger partial charge >= 0.3 is 5.97 Å². The summed E-state index contributed by atoms with van der Waals surface area (Å²) in [6.45, 7) is 3.28. The number of hydrogen-bond acceptors (Lipinski definition) is 4. The van der Waals surface area contributed by atoms with Crippen molar-refractivity contribution in [2.24, 2.45) is 0 Å². The van der Waals surface area contributed by atoms with E-state index < -0.39 is 0 Å². The second-order valence-electron chi connectivity index (χ2n) is 5.19. The Labute approximate surface area is 121 Å². The molecule has 0 atom stereocenters. The number of carbonyl (C=O) groups excluding carboxylic acids is 2. The van der Waals surface area contributed by atoms with Crippen molar-refractivity contribution in [1.82, 2.24) is 9.80 Å². The van der Waals surface area contributed by atoms with Crippen LogP contribution in [0, 0.1) is 0 Å². The van der Waals surface area contributed by atoms with E-state index in [0.29, 0.717) is 13.1 Å². The molecule has 1 heterocycles. The number of hydrogen-bond donors (Lipinski definition) is 0. The summed E-state index contributed by atoms with van der Waals surface area (Å²) in [6.07, 6.45) is 11.1. The molecule has 20 heavy (non-hydrogen) atoms. The molecule has 1 amide bonds. The number of unbranched alkanes of at least 4 members (excludes halogenated alkanes) is 5. The third-order valence-electron chi connectivity index (χ3n) is 3.50. The maximum absolute atomic E-state index is 11.2. The molecule has 5 heteroatoms. The van der Waals surface area contributed by atoms with Crippen molar-refractivity contribution in [3.05, 3.63) is 12.4 Å². The molecule has 0 bridgehead atoms. The first-order chi connectivity index (χ1) is 9.63. The van der Waals surface area contributed by atoms with Crippen molar-refractivity contribution in [3.8, 4) is 0 Å². The number of esters is 1. The largest absolute Gasteiger partial charge is 0.469 e. The van der Waals surface area contributed by atoms with E-state index in [-0.39, 0.29) is 11.9 Å². The van der Waals surface area contributed by atoms with E-state index in [1.165, 1.54) is 26.4 Å². The minimum Gasteiger partial charge on any atom is -0.469 e. The average molecular weight is 282 g/mol. The molecular formula is C15H26N2O3. The van der Waals surface area contributed by atoms with Gasteiger partial charge in [-0.3, -0.25) is 14.5 Å². The summed E-state index contributed by atoms with van der Waals surface area (Å²) in [6, 6.07) is 0. The van der Waals surface area contributed by atoms with Gasteiger partial charge in [0, 0.05) is 32.3 Å².